The van der Waals surface area contributed by atoms with Gasteiger partial charge in [-0.05, 0) is 43.7 Å². The van der Waals surface area contributed by atoms with Crippen LogP contribution < -0.4 is 4.74 Å². The Morgan fingerprint density at radius 2 is 1.78 bits per heavy atom. The average Bonchev–Trinajstić information content (AvgIpc) is 3.06. The monoisotopic (exact) mass is 365 g/mol. The van der Waals surface area contributed by atoms with Crippen molar-refractivity contribution < 1.29 is 19.1 Å². The molecule has 0 N–H and O–H groups in total. The highest BCUT2D eigenvalue weighted by Crippen LogP contribution is 2.25. The number of rotatable bonds is 8. The number of carbonyl (C=O) groups excluding carboxylic acids is 2. The van der Waals surface area contributed by atoms with Crippen LogP contribution in [0, 0.1) is 0 Å². The Morgan fingerprint density at radius 3 is 2.48 bits per heavy atom. The summed E-state index contributed by atoms with van der Waals surface area (Å²) < 4.78 is 12.2. The number of fused-ring (bicyclic) bond motifs is 1. The lowest BCUT2D eigenvalue weighted by Crippen LogP contribution is -2.06. The summed E-state index contributed by atoms with van der Waals surface area (Å²) in [5, 5.41) is 0.912. The number of hydrogen-bond donors (Lipinski definition) is 0. The molecule has 1 heterocycles. The van der Waals surface area contributed by atoms with Crippen LogP contribution in [0.1, 0.15) is 35.7 Å². The van der Waals surface area contributed by atoms with Crippen LogP contribution in [0.5, 0.6) is 5.75 Å². The highest BCUT2D eigenvalue weighted by Gasteiger charge is 2.17. The van der Waals surface area contributed by atoms with Crippen molar-refractivity contribution in [2.45, 2.75) is 26.3 Å². The van der Waals surface area contributed by atoms with E-state index in [1.165, 1.54) is 0 Å². The van der Waals surface area contributed by atoms with Gasteiger partial charge in [0, 0.05) is 41.2 Å². The average molecular weight is 365 g/mol. The number of esters is 1. The van der Waals surface area contributed by atoms with Gasteiger partial charge in [0.2, 0.25) is 0 Å². The molecule has 0 aliphatic rings. The fourth-order valence-corrected chi connectivity index (χ4v) is 3.14. The minimum Gasteiger partial charge on any atom is -0.497 e. The predicted octanol–water partition coefficient (Wildman–Crippen LogP) is 4.22. The predicted molar refractivity (Wildman–Crippen MR) is 104 cm³/mol. The zero-order valence-electron chi connectivity index (χ0n) is 15.6. The fraction of sp³-hybridized carbons (Fsp3) is 0.273. The summed E-state index contributed by atoms with van der Waals surface area (Å²) in [5.41, 5.74) is 2.26. The molecule has 0 unspecified atom stereocenters. The van der Waals surface area contributed by atoms with E-state index in [1.807, 2.05) is 35.0 Å². The molecule has 0 atom stereocenters. The third-order valence-electron chi connectivity index (χ3n) is 4.47. The van der Waals surface area contributed by atoms with Gasteiger partial charge < -0.3 is 14.0 Å². The molecule has 0 saturated heterocycles. The number of aryl methyl sites for hydroxylation is 1. The Hall–Kier alpha value is -3.08. The number of para-hydroxylation sites is 1. The largest absolute Gasteiger partial charge is 0.497 e. The van der Waals surface area contributed by atoms with E-state index in [4.69, 9.17) is 9.47 Å². The first-order valence-electron chi connectivity index (χ1n) is 9.06. The quantitative estimate of drug-likeness (QED) is 0.443. The first-order valence-corrected chi connectivity index (χ1v) is 9.06. The number of benzene rings is 2. The molecular weight excluding hydrogens is 342 g/mol. The third kappa shape index (κ3) is 4.19. The molecule has 27 heavy (non-hydrogen) atoms. The van der Waals surface area contributed by atoms with Crippen molar-refractivity contribution in [2.75, 3.05) is 13.7 Å². The van der Waals surface area contributed by atoms with Gasteiger partial charge in [-0.1, -0.05) is 18.2 Å². The highest BCUT2D eigenvalue weighted by molar-refractivity contribution is 6.16. The number of hydrogen-bond acceptors (Lipinski definition) is 4. The molecule has 1 aromatic heterocycles. The van der Waals surface area contributed by atoms with E-state index in [0.717, 1.165) is 10.9 Å². The molecule has 0 fully saturated rings. The Balaban J connectivity index is 1.85. The topological polar surface area (TPSA) is 57.5 Å². The summed E-state index contributed by atoms with van der Waals surface area (Å²) in [6.07, 6.45) is 2.90. The number of aromatic nitrogens is 1. The zero-order valence-corrected chi connectivity index (χ0v) is 15.6. The SMILES string of the molecule is CCOC(=O)CCCn1cc(C(=O)c2ccc(OC)cc2)c2ccccc21. The number of nitrogens with zero attached hydrogens (tertiary/aromatic N) is 1. The Morgan fingerprint density at radius 1 is 1.04 bits per heavy atom. The van der Waals surface area contributed by atoms with Crippen molar-refractivity contribution in [2.24, 2.45) is 0 Å². The van der Waals surface area contributed by atoms with Gasteiger partial charge in [0.05, 0.1) is 13.7 Å². The summed E-state index contributed by atoms with van der Waals surface area (Å²) >= 11 is 0. The van der Waals surface area contributed by atoms with Crippen molar-refractivity contribution in [3.05, 3.63) is 65.9 Å². The van der Waals surface area contributed by atoms with E-state index >= 15 is 0 Å². The van der Waals surface area contributed by atoms with Crippen molar-refractivity contribution >= 4 is 22.7 Å². The molecule has 0 aliphatic carbocycles. The summed E-state index contributed by atoms with van der Waals surface area (Å²) in [7, 11) is 1.60. The maximum Gasteiger partial charge on any atom is 0.305 e. The lowest BCUT2D eigenvalue weighted by atomic mass is 10.0. The Bertz CT molecular complexity index is 941. The standard InChI is InChI=1S/C22H23NO4/c1-3-27-21(24)9-6-14-23-15-19(18-7-4-5-8-20(18)23)22(25)16-10-12-17(26-2)13-11-16/h4-5,7-8,10-13,15H,3,6,9,14H2,1-2H3. The summed E-state index contributed by atoms with van der Waals surface area (Å²) in [5.74, 6) is 0.495. The molecule has 0 amide bonds. The number of ether oxygens (including phenoxy) is 2. The molecule has 2 aromatic carbocycles. The first-order chi connectivity index (χ1) is 13.1. The minimum absolute atomic E-state index is 0.0296. The smallest absolute Gasteiger partial charge is 0.305 e. The van der Waals surface area contributed by atoms with Crippen LogP contribution in [-0.4, -0.2) is 30.0 Å². The van der Waals surface area contributed by atoms with Crippen LogP contribution >= 0.6 is 0 Å². The molecule has 140 valence electrons. The second-order valence-corrected chi connectivity index (χ2v) is 6.22. The zero-order chi connectivity index (χ0) is 19.2. The molecule has 0 spiro atoms. The van der Waals surface area contributed by atoms with Gasteiger partial charge in [-0.15, -0.1) is 0 Å². The van der Waals surface area contributed by atoms with Gasteiger partial charge in [-0.2, -0.15) is 0 Å². The second-order valence-electron chi connectivity index (χ2n) is 6.22. The minimum atomic E-state index is -0.191. The van der Waals surface area contributed by atoms with Crippen molar-refractivity contribution in [3.63, 3.8) is 0 Å². The van der Waals surface area contributed by atoms with Crippen molar-refractivity contribution in [1.29, 1.82) is 0 Å². The molecular formula is C22H23NO4. The van der Waals surface area contributed by atoms with Gasteiger partial charge in [-0.3, -0.25) is 9.59 Å². The molecule has 5 heteroatoms. The first kappa shape index (κ1) is 18.7. The fourth-order valence-electron chi connectivity index (χ4n) is 3.14. The molecule has 5 nitrogen and oxygen atoms in total. The molecule has 0 bridgehead atoms. The van der Waals surface area contributed by atoms with E-state index in [2.05, 4.69) is 0 Å². The third-order valence-corrected chi connectivity index (χ3v) is 4.47. The van der Waals surface area contributed by atoms with Gasteiger partial charge in [0.25, 0.3) is 0 Å². The van der Waals surface area contributed by atoms with Crippen molar-refractivity contribution in [3.8, 4) is 5.75 Å². The molecule has 3 aromatic rings. The maximum atomic E-state index is 13.0. The molecule has 0 aliphatic heterocycles. The molecule has 3 rings (SSSR count). The highest BCUT2D eigenvalue weighted by atomic mass is 16.5. The van der Waals surface area contributed by atoms with E-state index < -0.39 is 0 Å². The summed E-state index contributed by atoms with van der Waals surface area (Å²) in [6.45, 7) is 2.84. The van der Waals surface area contributed by atoms with Crippen LogP contribution in [-0.2, 0) is 16.1 Å². The number of methoxy groups -OCH3 is 1. The van der Waals surface area contributed by atoms with Crippen LogP contribution in [0.3, 0.4) is 0 Å². The Labute approximate surface area is 158 Å². The Kier molecular flexibility index (Phi) is 5.91. The van der Waals surface area contributed by atoms with Gasteiger partial charge in [0.15, 0.2) is 5.78 Å². The molecule has 0 radical (unpaired) electrons. The van der Waals surface area contributed by atoms with Crippen LogP contribution in [0.4, 0.5) is 0 Å². The lowest BCUT2D eigenvalue weighted by Gasteiger charge is -2.05. The van der Waals surface area contributed by atoms with E-state index in [0.29, 0.717) is 42.9 Å². The summed E-state index contributed by atoms with van der Waals surface area (Å²) in [4.78, 5) is 24.6. The number of carbonyl (C=O) groups is 2. The van der Waals surface area contributed by atoms with Crippen LogP contribution in [0.25, 0.3) is 10.9 Å². The normalized spacial score (nSPS) is 10.7. The van der Waals surface area contributed by atoms with Crippen molar-refractivity contribution in [1.82, 2.24) is 4.57 Å². The molecule has 0 saturated carbocycles. The van der Waals surface area contributed by atoms with Crippen LogP contribution in [0.2, 0.25) is 0 Å². The van der Waals surface area contributed by atoms with E-state index in [-0.39, 0.29) is 11.8 Å². The van der Waals surface area contributed by atoms with Gasteiger partial charge in [0.1, 0.15) is 5.75 Å². The maximum absolute atomic E-state index is 13.0. The number of ketones is 1. The van der Waals surface area contributed by atoms with Gasteiger partial charge >= 0.3 is 5.97 Å². The lowest BCUT2D eigenvalue weighted by molar-refractivity contribution is -0.143. The second kappa shape index (κ2) is 8.54. The van der Waals surface area contributed by atoms with E-state index in [1.54, 1.807) is 38.3 Å². The summed E-state index contributed by atoms with van der Waals surface area (Å²) in [6, 6.07) is 14.9. The van der Waals surface area contributed by atoms with Crippen LogP contribution in [0.15, 0.2) is 54.7 Å². The van der Waals surface area contributed by atoms with E-state index in [9.17, 15) is 9.59 Å². The van der Waals surface area contributed by atoms with Gasteiger partial charge in [-0.25, -0.2) is 0 Å².